The van der Waals surface area contributed by atoms with E-state index in [1.807, 2.05) is 0 Å². The molecular formula is C11H17N5O3. The standard InChI is InChI=1S/C11H17N5O3/c1-11(9(17)18)2-4-16(5-3-11)10(19)12-6-8-13-7-14-15-8/h7H,2-6H2,1H3,(H,12,19)(H,17,18)(H,13,14,15). The molecule has 0 radical (unpaired) electrons. The van der Waals surface area contributed by atoms with Crippen molar-refractivity contribution >= 4 is 12.0 Å². The lowest BCUT2D eigenvalue weighted by Gasteiger charge is -2.36. The average Bonchev–Trinajstić information content (AvgIpc) is 2.90. The second kappa shape index (κ2) is 5.25. The van der Waals surface area contributed by atoms with E-state index in [9.17, 15) is 9.59 Å². The minimum absolute atomic E-state index is 0.205. The number of hydrogen-bond acceptors (Lipinski definition) is 4. The Labute approximate surface area is 110 Å². The number of aliphatic carboxylic acids is 1. The summed E-state index contributed by atoms with van der Waals surface area (Å²) in [7, 11) is 0. The fraction of sp³-hybridized carbons (Fsp3) is 0.636. The van der Waals surface area contributed by atoms with Gasteiger partial charge >= 0.3 is 12.0 Å². The van der Waals surface area contributed by atoms with Crippen molar-refractivity contribution in [1.82, 2.24) is 25.4 Å². The number of amides is 2. The summed E-state index contributed by atoms with van der Waals surface area (Å²) in [5.74, 6) is -0.213. The van der Waals surface area contributed by atoms with Gasteiger partial charge in [0.15, 0.2) is 0 Å². The lowest BCUT2D eigenvalue weighted by molar-refractivity contribution is -0.150. The van der Waals surface area contributed by atoms with Crippen molar-refractivity contribution < 1.29 is 14.7 Å². The molecule has 2 heterocycles. The van der Waals surface area contributed by atoms with Crippen molar-refractivity contribution in [2.45, 2.75) is 26.3 Å². The van der Waals surface area contributed by atoms with Crippen LogP contribution in [-0.4, -0.2) is 50.3 Å². The van der Waals surface area contributed by atoms with Crippen LogP contribution in [-0.2, 0) is 11.3 Å². The summed E-state index contributed by atoms with van der Waals surface area (Å²) < 4.78 is 0. The zero-order valence-corrected chi connectivity index (χ0v) is 10.7. The van der Waals surface area contributed by atoms with Gasteiger partial charge in [-0.25, -0.2) is 9.78 Å². The van der Waals surface area contributed by atoms with Crippen LogP contribution in [0.15, 0.2) is 6.33 Å². The summed E-state index contributed by atoms with van der Waals surface area (Å²) in [5, 5.41) is 18.2. The zero-order valence-electron chi connectivity index (χ0n) is 10.7. The summed E-state index contributed by atoms with van der Waals surface area (Å²) in [4.78, 5) is 28.5. The summed E-state index contributed by atoms with van der Waals surface area (Å²) in [6.07, 6.45) is 2.32. The number of piperidine rings is 1. The lowest BCUT2D eigenvalue weighted by Crippen LogP contribution is -2.48. The van der Waals surface area contributed by atoms with Crippen LogP contribution in [0.5, 0.6) is 0 Å². The average molecular weight is 267 g/mol. The lowest BCUT2D eigenvalue weighted by atomic mass is 9.80. The first-order chi connectivity index (χ1) is 9.01. The first-order valence-electron chi connectivity index (χ1n) is 6.12. The largest absolute Gasteiger partial charge is 0.481 e. The third-order valence-corrected chi connectivity index (χ3v) is 3.54. The molecule has 0 spiro atoms. The van der Waals surface area contributed by atoms with Crippen LogP contribution in [0.25, 0.3) is 0 Å². The van der Waals surface area contributed by atoms with Gasteiger partial charge in [0.1, 0.15) is 12.2 Å². The number of nitrogens with zero attached hydrogens (tertiary/aromatic N) is 3. The van der Waals surface area contributed by atoms with E-state index in [1.165, 1.54) is 6.33 Å². The minimum atomic E-state index is -0.797. The Bertz CT molecular complexity index is 451. The van der Waals surface area contributed by atoms with Gasteiger partial charge in [0.25, 0.3) is 0 Å². The SMILES string of the molecule is CC1(C(=O)O)CCN(C(=O)NCc2ncn[nH]2)CC1. The van der Waals surface area contributed by atoms with Gasteiger partial charge in [-0.15, -0.1) is 0 Å². The Kier molecular flexibility index (Phi) is 3.68. The van der Waals surface area contributed by atoms with Crippen LogP contribution in [0.4, 0.5) is 4.79 Å². The number of carbonyl (C=O) groups is 2. The van der Waals surface area contributed by atoms with Crippen LogP contribution in [0.1, 0.15) is 25.6 Å². The number of urea groups is 1. The van der Waals surface area contributed by atoms with Gasteiger partial charge in [0.2, 0.25) is 0 Å². The molecule has 1 saturated heterocycles. The van der Waals surface area contributed by atoms with E-state index in [2.05, 4.69) is 20.5 Å². The van der Waals surface area contributed by atoms with Gasteiger partial charge in [-0.2, -0.15) is 5.10 Å². The van der Waals surface area contributed by atoms with Gasteiger partial charge in [-0.05, 0) is 19.8 Å². The number of aromatic amines is 1. The highest BCUT2D eigenvalue weighted by molar-refractivity contribution is 5.76. The van der Waals surface area contributed by atoms with Crippen molar-refractivity contribution in [1.29, 1.82) is 0 Å². The molecule has 8 heteroatoms. The third kappa shape index (κ3) is 3.01. The number of carbonyl (C=O) groups excluding carboxylic acids is 1. The van der Waals surface area contributed by atoms with E-state index >= 15 is 0 Å². The van der Waals surface area contributed by atoms with E-state index in [-0.39, 0.29) is 12.6 Å². The first kappa shape index (κ1) is 13.3. The molecule has 1 aromatic heterocycles. The molecule has 1 aromatic rings. The summed E-state index contributed by atoms with van der Waals surface area (Å²) in [5.41, 5.74) is -0.721. The van der Waals surface area contributed by atoms with Crippen LogP contribution in [0.2, 0.25) is 0 Å². The van der Waals surface area contributed by atoms with Gasteiger partial charge in [-0.1, -0.05) is 0 Å². The third-order valence-electron chi connectivity index (χ3n) is 3.54. The Morgan fingerprint density at radius 1 is 1.53 bits per heavy atom. The molecule has 0 aromatic carbocycles. The number of hydrogen-bond donors (Lipinski definition) is 3. The number of aromatic nitrogens is 3. The summed E-state index contributed by atoms with van der Waals surface area (Å²) in [6, 6.07) is -0.205. The zero-order chi connectivity index (χ0) is 13.9. The van der Waals surface area contributed by atoms with E-state index < -0.39 is 11.4 Å². The monoisotopic (exact) mass is 267 g/mol. The molecule has 19 heavy (non-hydrogen) atoms. The van der Waals surface area contributed by atoms with E-state index in [0.717, 1.165) is 0 Å². The second-order valence-corrected chi connectivity index (χ2v) is 4.94. The highest BCUT2D eigenvalue weighted by Gasteiger charge is 2.37. The van der Waals surface area contributed by atoms with Crippen molar-refractivity contribution in [3.05, 3.63) is 12.2 Å². The molecule has 1 fully saturated rings. The smallest absolute Gasteiger partial charge is 0.317 e. The predicted molar refractivity (Wildman–Crippen MR) is 65.2 cm³/mol. The Hall–Kier alpha value is -2.12. The Balaban J connectivity index is 1.81. The molecule has 8 nitrogen and oxygen atoms in total. The first-order valence-corrected chi connectivity index (χ1v) is 6.12. The summed E-state index contributed by atoms with van der Waals surface area (Å²) in [6.45, 7) is 2.90. The van der Waals surface area contributed by atoms with Crippen LogP contribution in [0.3, 0.4) is 0 Å². The van der Waals surface area contributed by atoms with Crippen LogP contribution >= 0.6 is 0 Å². The number of carboxylic acid groups (broad SMARTS) is 1. The van der Waals surface area contributed by atoms with E-state index in [0.29, 0.717) is 31.8 Å². The van der Waals surface area contributed by atoms with E-state index in [1.54, 1.807) is 11.8 Å². The fourth-order valence-corrected chi connectivity index (χ4v) is 2.00. The quantitative estimate of drug-likeness (QED) is 0.724. The molecule has 2 amide bonds. The molecule has 1 aliphatic heterocycles. The summed E-state index contributed by atoms with van der Waals surface area (Å²) >= 11 is 0. The highest BCUT2D eigenvalue weighted by Crippen LogP contribution is 2.30. The van der Waals surface area contributed by atoms with Gasteiger partial charge < -0.3 is 15.3 Å². The van der Waals surface area contributed by atoms with Crippen LogP contribution < -0.4 is 5.32 Å². The maximum Gasteiger partial charge on any atom is 0.317 e. The number of carboxylic acids is 1. The Morgan fingerprint density at radius 3 is 2.74 bits per heavy atom. The molecule has 1 aliphatic rings. The van der Waals surface area contributed by atoms with Gasteiger partial charge in [-0.3, -0.25) is 9.89 Å². The molecule has 0 bridgehead atoms. The fourth-order valence-electron chi connectivity index (χ4n) is 2.00. The maximum absolute atomic E-state index is 11.9. The topological polar surface area (TPSA) is 111 Å². The molecule has 0 saturated carbocycles. The molecule has 0 atom stereocenters. The molecular weight excluding hydrogens is 250 g/mol. The number of rotatable bonds is 3. The number of nitrogens with one attached hydrogen (secondary N) is 2. The number of likely N-dealkylation sites (tertiary alicyclic amines) is 1. The minimum Gasteiger partial charge on any atom is -0.481 e. The molecule has 104 valence electrons. The normalized spacial score (nSPS) is 18.1. The van der Waals surface area contributed by atoms with Gasteiger partial charge in [0.05, 0.1) is 12.0 Å². The molecule has 0 unspecified atom stereocenters. The Morgan fingerprint density at radius 2 is 2.21 bits per heavy atom. The van der Waals surface area contributed by atoms with Crippen molar-refractivity contribution in [2.75, 3.05) is 13.1 Å². The number of H-pyrrole nitrogens is 1. The van der Waals surface area contributed by atoms with Gasteiger partial charge in [0, 0.05) is 13.1 Å². The maximum atomic E-state index is 11.9. The predicted octanol–water partition coefficient (Wildman–Crippen LogP) is 0.201. The molecule has 2 rings (SSSR count). The molecule has 3 N–H and O–H groups in total. The van der Waals surface area contributed by atoms with Crippen molar-refractivity contribution in [2.24, 2.45) is 5.41 Å². The molecule has 0 aliphatic carbocycles. The highest BCUT2D eigenvalue weighted by atomic mass is 16.4. The van der Waals surface area contributed by atoms with Crippen molar-refractivity contribution in [3.8, 4) is 0 Å². The second-order valence-electron chi connectivity index (χ2n) is 4.94. The van der Waals surface area contributed by atoms with E-state index in [4.69, 9.17) is 5.11 Å². The van der Waals surface area contributed by atoms with Crippen molar-refractivity contribution in [3.63, 3.8) is 0 Å². The van der Waals surface area contributed by atoms with Crippen LogP contribution in [0, 0.1) is 5.41 Å².